The molecule has 0 aliphatic rings. The van der Waals surface area contributed by atoms with Gasteiger partial charge < -0.3 is 19.9 Å². The molecule has 8 heteroatoms. The number of alkyl halides is 3. The highest BCUT2D eigenvalue weighted by Gasteiger charge is 2.31. The molecule has 1 aromatic rings. The zero-order chi connectivity index (χ0) is 17.7. The maximum atomic E-state index is 12.3. The molecule has 0 bridgehead atoms. The third-order valence-corrected chi connectivity index (χ3v) is 2.60. The second-order valence-electron chi connectivity index (χ2n) is 5.83. The Kier molecular flexibility index (Phi) is 6.26. The molecular formula is C15H20F3NO4. The first-order chi connectivity index (χ1) is 10.5. The Morgan fingerprint density at radius 2 is 1.96 bits per heavy atom. The summed E-state index contributed by atoms with van der Waals surface area (Å²) in [6, 6.07) is 4.51. The summed E-state index contributed by atoms with van der Waals surface area (Å²) in [4.78, 5) is 11.8. The van der Waals surface area contributed by atoms with Crippen LogP contribution in [0, 0.1) is 0 Å². The Balaban J connectivity index is 2.88. The molecule has 5 nitrogen and oxygen atoms in total. The zero-order valence-corrected chi connectivity index (χ0v) is 13.1. The second-order valence-corrected chi connectivity index (χ2v) is 5.83. The van der Waals surface area contributed by atoms with Gasteiger partial charge in [-0.25, -0.2) is 4.79 Å². The number of nitrogens with one attached hydrogen (secondary N) is 1. The highest BCUT2D eigenvalue weighted by molar-refractivity contribution is 5.68. The molecule has 0 aliphatic carbocycles. The number of halogens is 3. The van der Waals surface area contributed by atoms with Crippen LogP contribution >= 0.6 is 0 Å². The van der Waals surface area contributed by atoms with Crippen LogP contribution in [0.1, 0.15) is 38.8 Å². The van der Waals surface area contributed by atoms with E-state index >= 15 is 0 Å². The van der Waals surface area contributed by atoms with Crippen LogP contribution in [-0.2, 0) is 4.74 Å². The SMILES string of the molecule is CC(C)(C)OC(=O)N[C@@H](CCO)c1cccc(OC(F)(F)F)c1. The number of carbonyl (C=O) groups excluding carboxylic acids is 1. The van der Waals surface area contributed by atoms with Crippen molar-refractivity contribution in [3.63, 3.8) is 0 Å². The summed E-state index contributed by atoms with van der Waals surface area (Å²) in [5.41, 5.74) is -0.346. The number of hydrogen-bond acceptors (Lipinski definition) is 4. The minimum atomic E-state index is -4.80. The molecule has 0 radical (unpaired) electrons. The van der Waals surface area contributed by atoms with Gasteiger partial charge in [0.25, 0.3) is 0 Å². The van der Waals surface area contributed by atoms with E-state index in [-0.39, 0.29) is 13.0 Å². The Labute approximate surface area is 132 Å². The van der Waals surface area contributed by atoms with Crippen LogP contribution in [0.5, 0.6) is 5.75 Å². The fourth-order valence-electron chi connectivity index (χ4n) is 1.83. The van der Waals surface area contributed by atoms with Crippen molar-refractivity contribution >= 4 is 6.09 Å². The van der Waals surface area contributed by atoms with Crippen molar-refractivity contribution in [1.82, 2.24) is 5.32 Å². The molecular weight excluding hydrogens is 315 g/mol. The lowest BCUT2D eigenvalue weighted by molar-refractivity contribution is -0.274. The van der Waals surface area contributed by atoms with Crippen molar-refractivity contribution in [3.8, 4) is 5.75 Å². The quantitative estimate of drug-likeness (QED) is 0.864. The van der Waals surface area contributed by atoms with Crippen molar-refractivity contribution in [2.24, 2.45) is 0 Å². The van der Waals surface area contributed by atoms with E-state index in [4.69, 9.17) is 9.84 Å². The lowest BCUT2D eigenvalue weighted by atomic mass is 10.0. The van der Waals surface area contributed by atoms with Crippen LogP contribution in [0.15, 0.2) is 24.3 Å². The third-order valence-electron chi connectivity index (χ3n) is 2.60. The summed E-state index contributed by atoms with van der Waals surface area (Å²) in [6.07, 6.45) is -5.41. The Bertz CT molecular complexity index is 526. The molecule has 0 unspecified atom stereocenters. The van der Waals surface area contributed by atoms with E-state index in [1.54, 1.807) is 20.8 Å². The van der Waals surface area contributed by atoms with Gasteiger partial charge in [0.05, 0.1) is 6.04 Å². The molecule has 0 saturated carbocycles. The van der Waals surface area contributed by atoms with Crippen LogP contribution in [0.3, 0.4) is 0 Å². The van der Waals surface area contributed by atoms with Crippen molar-refractivity contribution in [1.29, 1.82) is 0 Å². The van der Waals surface area contributed by atoms with Crippen molar-refractivity contribution < 1.29 is 32.5 Å². The maximum absolute atomic E-state index is 12.3. The lowest BCUT2D eigenvalue weighted by Crippen LogP contribution is -2.35. The van der Waals surface area contributed by atoms with Gasteiger partial charge in [0.15, 0.2) is 0 Å². The van der Waals surface area contributed by atoms with E-state index in [0.717, 1.165) is 12.1 Å². The van der Waals surface area contributed by atoms with Gasteiger partial charge >= 0.3 is 12.5 Å². The van der Waals surface area contributed by atoms with Crippen molar-refractivity contribution in [3.05, 3.63) is 29.8 Å². The number of aliphatic hydroxyl groups excluding tert-OH is 1. The summed E-state index contributed by atoms with van der Waals surface area (Å²) >= 11 is 0. The van der Waals surface area contributed by atoms with Crippen LogP contribution in [-0.4, -0.2) is 29.8 Å². The topological polar surface area (TPSA) is 67.8 Å². The van der Waals surface area contributed by atoms with Gasteiger partial charge in [-0.1, -0.05) is 12.1 Å². The van der Waals surface area contributed by atoms with Gasteiger partial charge in [-0.3, -0.25) is 0 Å². The van der Waals surface area contributed by atoms with E-state index in [0.29, 0.717) is 5.56 Å². The average Bonchev–Trinajstić information content (AvgIpc) is 2.34. The van der Waals surface area contributed by atoms with Crippen LogP contribution in [0.25, 0.3) is 0 Å². The van der Waals surface area contributed by atoms with Gasteiger partial charge in [-0.15, -0.1) is 13.2 Å². The first-order valence-electron chi connectivity index (χ1n) is 6.96. The number of aliphatic hydroxyl groups is 1. The predicted octanol–water partition coefficient (Wildman–Crippen LogP) is 3.53. The van der Waals surface area contributed by atoms with E-state index < -0.39 is 29.8 Å². The number of alkyl carbamates (subject to hydrolysis) is 1. The monoisotopic (exact) mass is 335 g/mol. The smallest absolute Gasteiger partial charge is 0.444 e. The van der Waals surface area contributed by atoms with Gasteiger partial charge in [-0.05, 0) is 44.9 Å². The molecule has 0 fully saturated rings. The highest BCUT2D eigenvalue weighted by atomic mass is 19.4. The van der Waals surface area contributed by atoms with Gasteiger partial charge in [0, 0.05) is 6.61 Å². The summed E-state index contributed by atoms with van der Waals surface area (Å²) in [5.74, 6) is -0.399. The molecule has 0 heterocycles. The highest BCUT2D eigenvalue weighted by Crippen LogP contribution is 2.26. The van der Waals surface area contributed by atoms with Gasteiger partial charge in [0.2, 0.25) is 0 Å². The Hall–Kier alpha value is -1.96. The molecule has 130 valence electrons. The van der Waals surface area contributed by atoms with Crippen molar-refractivity contribution in [2.45, 2.75) is 45.2 Å². The van der Waals surface area contributed by atoms with E-state index in [9.17, 15) is 18.0 Å². The van der Waals surface area contributed by atoms with Crippen LogP contribution < -0.4 is 10.1 Å². The molecule has 2 N–H and O–H groups in total. The molecule has 1 amide bonds. The number of benzene rings is 1. The molecule has 0 spiro atoms. The minimum Gasteiger partial charge on any atom is -0.444 e. The Morgan fingerprint density at radius 1 is 1.30 bits per heavy atom. The summed E-state index contributed by atoms with van der Waals surface area (Å²) in [7, 11) is 0. The van der Waals surface area contributed by atoms with Crippen molar-refractivity contribution in [2.75, 3.05) is 6.61 Å². The molecule has 1 atom stereocenters. The van der Waals surface area contributed by atoms with E-state index in [1.165, 1.54) is 12.1 Å². The molecule has 0 saturated heterocycles. The molecule has 0 aromatic heterocycles. The second kappa shape index (κ2) is 7.54. The molecule has 0 aliphatic heterocycles. The minimum absolute atomic E-state index is 0.120. The third kappa shape index (κ3) is 7.73. The number of rotatable bonds is 5. The lowest BCUT2D eigenvalue weighted by Gasteiger charge is -2.24. The molecule has 23 heavy (non-hydrogen) atoms. The predicted molar refractivity (Wildman–Crippen MR) is 76.9 cm³/mol. The first kappa shape index (κ1) is 19.1. The van der Waals surface area contributed by atoms with E-state index in [1.807, 2.05) is 0 Å². The first-order valence-corrected chi connectivity index (χ1v) is 6.96. The fraction of sp³-hybridized carbons (Fsp3) is 0.533. The maximum Gasteiger partial charge on any atom is 0.573 e. The van der Waals surface area contributed by atoms with E-state index in [2.05, 4.69) is 10.1 Å². The van der Waals surface area contributed by atoms with Crippen LogP contribution in [0.2, 0.25) is 0 Å². The summed E-state index contributed by atoms with van der Waals surface area (Å²) in [5, 5.41) is 11.6. The summed E-state index contributed by atoms with van der Waals surface area (Å²) < 4.78 is 45.8. The van der Waals surface area contributed by atoms with Gasteiger partial charge in [0.1, 0.15) is 11.4 Å². The normalized spacial score (nSPS) is 13.3. The number of carbonyl (C=O) groups is 1. The zero-order valence-electron chi connectivity index (χ0n) is 13.1. The largest absolute Gasteiger partial charge is 0.573 e. The van der Waals surface area contributed by atoms with Gasteiger partial charge in [-0.2, -0.15) is 0 Å². The molecule has 1 aromatic carbocycles. The number of hydrogen-bond donors (Lipinski definition) is 2. The average molecular weight is 335 g/mol. The summed E-state index contributed by atoms with van der Waals surface area (Å²) in [6.45, 7) is 4.80. The number of amides is 1. The standard InChI is InChI=1S/C15H20F3NO4/c1-14(2,3)23-13(21)19-12(7-8-20)10-5-4-6-11(9-10)22-15(16,17)18/h4-6,9,12,20H,7-8H2,1-3H3,(H,19,21)/t12-/m0/s1. The number of ether oxygens (including phenoxy) is 2. The van der Waals surface area contributed by atoms with Crippen LogP contribution in [0.4, 0.5) is 18.0 Å². The fourth-order valence-corrected chi connectivity index (χ4v) is 1.83. The Morgan fingerprint density at radius 3 is 2.48 bits per heavy atom. The molecule has 1 rings (SSSR count).